The average molecular weight is 622 g/mol. The first-order chi connectivity index (χ1) is 21.2. The van der Waals surface area contributed by atoms with E-state index in [1.165, 1.54) is 18.2 Å². The van der Waals surface area contributed by atoms with Gasteiger partial charge in [0.25, 0.3) is 0 Å². The first-order valence-corrected chi connectivity index (χ1v) is 15.7. The second-order valence-corrected chi connectivity index (χ2v) is 11.6. The van der Waals surface area contributed by atoms with Crippen LogP contribution in [-0.4, -0.2) is 43.0 Å². The van der Waals surface area contributed by atoms with Crippen molar-refractivity contribution in [2.24, 2.45) is 0 Å². The second kappa shape index (κ2) is 13.5. The maximum Gasteiger partial charge on any atom is 0.530 e. The van der Waals surface area contributed by atoms with Crippen LogP contribution in [0, 0.1) is 0 Å². The Bertz CT molecular complexity index is 1730. The van der Waals surface area contributed by atoms with E-state index in [9.17, 15) is 24.1 Å². The predicted octanol–water partition coefficient (Wildman–Crippen LogP) is 6.28. The van der Waals surface area contributed by atoms with Gasteiger partial charge in [0.15, 0.2) is 0 Å². The highest BCUT2D eigenvalue weighted by molar-refractivity contribution is 7.48. The SMILES string of the molecule is CCOP(=O)(OCC)Oc1ccc2c(CC[C@H](NC(=O)OCC3c4ccccc4-c4ccccc43)C(=O)O)cc(=O)oc2c1. The third kappa shape index (κ3) is 6.86. The number of aliphatic carboxylic acids is 1. The number of alkyl carbamates (subject to hydrolysis) is 1. The first-order valence-electron chi connectivity index (χ1n) is 14.2. The number of fused-ring (bicyclic) bond motifs is 4. The number of hydrogen-bond acceptors (Lipinski definition) is 9. The molecular formula is C32H32NO10P. The third-order valence-electron chi connectivity index (χ3n) is 7.23. The summed E-state index contributed by atoms with van der Waals surface area (Å²) in [4.78, 5) is 37.1. The molecule has 12 heteroatoms. The molecule has 2 N–H and O–H groups in total. The lowest BCUT2D eigenvalue weighted by molar-refractivity contribution is -0.139. The van der Waals surface area contributed by atoms with Crippen molar-refractivity contribution in [3.8, 4) is 16.9 Å². The standard InChI is InChI=1S/C32H32NO10P/c1-3-40-44(38,41-4-2)43-21-14-15-22-20(17-30(34)42-29(22)18-21)13-16-28(31(35)36)33-32(37)39-19-27-25-11-7-5-9-23(25)24-10-6-8-12-26(24)27/h5-12,14-15,17-18,27-28H,3-4,13,16,19H2,1-2H3,(H,33,37)(H,35,36)/t28-/m0/s1. The molecule has 0 saturated carbocycles. The number of carbonyl (C=O) groups excluding carboxylic acids is 1. The summed E-state index contributed by atoms with van der Waals surface area (Å²) in [6.07, 6.45) is -0.758. The molecule has 0 radical (unpaired) electrons. The highest BCUT2D eigenvalue weighted by Crippen LogP contribution is 2.49. The van der Waals surface area contributed by atoms with Gasteiger partial charge in [0.2, 0.25) is 0 Å². The van der Waals surface area contributed by atoms with Gasteiger partial charge < -0.3 is 24.1 Å². The van der Waals surface area contributed by atoms with Crippen LogP contribution in [0.25, 0.3) is 22.1 Å². The Labute approximate surface area is 253 Å². The number of carbonyl (C=O) groups is 2. The molecule has 0 aliphatic heterocycles. The number of ether oxygens (including phenoxy) is 1. The molecule has 44 heavy (non-hydrogen) atoms. The second-order valence-electron chi connectivity index (χ2n) is 10.0. The predicted molar refractivity (Wildman–Crippen MR) is 162 cm³/mol. The lowest BCUT2D eigenvalue weighted by atomic mass is 9.98. The molecule has 1 aliphatic rings. The number of benzene rings is 3. The Morgan fingerprint density at radius 3 is 2.20 bits per heavy atom. The Balaban J connectivity index is 1.25. The average Bonchev–Trinajstić information content (AvgIpc) is 3.31. The monoisotopic (exact) mass is 621 g/mol. The fourth-order valence-electron chi connectivity index (χ4n) is 5.35. The zero-order chi connectivity index (χ0) is 31.3. The van der Waals surface area contributed by atoms with Crippen LogP contribution in [0.4, 0.5) is 4.79 Å². The van der Waals surface area contributed by atoms with Gasteiger partial charge in [0.05, 0.1) is 13.2 Å². The molecule has 1 aliphatic carbocycles. The lowest BCUT2D eigenvalue weighted by Gasteiger charge is -2.18. The Morgan fingerprint density at radius 1 is 0.955 bits per heavy atom. The van der Waals surface area contributed by atoms with E-state index < -0.39 is 31.6 Å². The quantitative estimate of drug-likeness (QED) is 0.129. The summed E-state index contributed by atoms with van der Waals surface area (Å²) in [5, 5.41) is 12.8. The number of carboxylic acids is 1. The van der Waals surface area contributed by atoms with Crippen LogP contribution < -0.4 is 15.5 Å². The zero-order valence-electron chi connectivity index (χ0n) is 24.2. The number of phosphoric ester groups is 1. The molecular weight excluding hydrogens is 589 g/mol. The maximum atomic E-state index is 12.8. The van der Waals surface area contributed by atoms with Crippen LogP contribution >= 0.6 is 7.82 Å². The van der Waals surface area contributed by atoms with Gasteiger partial charge in [-0.05, 0) is 66.6 Å². The van der Waals surface area contributed by atoms with Gasteiger partial charge in [-0.25, -0.2) is 18.9 Å². The molecule has 0 unspecified atom stereocenters. The fraction of sp³-hybridized carbons (Fsp3) is 0.281. The van der Waals surface area contributed by atoms with E-state index in [1.807, 2.05) is 48.5 Å². The summed E-state index contributed by atoms with van der Waals surface area (Å²) in [5.74, 6) is -1.32. The topological polar surface area (TPSA) is 151 Å². The maximum absolute atomic E-state index is 12.8. The van der Waals surface area contributed by atoms with Crippen molar-refractivity contribution < 1.29 is 42.0 Å². The van der Waals surface area contributed by atoms with Crippen molar-refractivity contribution in [1.82, 2.24) is 5.32 Å². The van der Waals surface area contributed by atoms with E-state index >= 15 is 0 Å². The summed E-state index contributed by atoms with van der Waals surface area (Å²) in [6, 6.07) is 20.3. The van der Waals surface area contributed by atoms with Crippen LogP contribution in [0.15, 0.2) is 82.0 Å². The molecule has 1 atom stereocenters. The molecule has 1 amide bonds. The van der Waals surface area contributed by atoms with Crippen molar-refractivity contribution in [2.45, 2.75) is 38.6 Å². The number of amides is 1. The summed E-state index contributed by atoms with van der Waals surface area (Å²) in [6.45, 7) is 3.53. The van der Waals surface area contributed by atoms with Crippen LogP contribution in [0.3, 0.4) is 0 Å². The molecule has 0 fully saturated rings. The molecule has 1 heterocycles. The molecule has 1 aromatic heterocycles. The summed E-state index contributed by atoms with van der Waals surface area (Å²) in [7, 11) is -3.88. The highest BCUT2D eigenvalue weighted by atomic mass is 31.2. The molecule has 0 bridgehead atoms. The van der Waals surface area contributed by atoms with Gasteiger partial charge in [-0.15, -0.1) is 0 Å². The molecule has 11 nitrogen and oxygen atoms in total. The van der Waals surface area contributed by atoms with E-state index in [0.717, 1.165) is 22.3 Å². The number of carboxylic acid groups (broad SMARTS) is 1. The molecule has 0 spiro atoms. The number of nitrogens with one attached hydrogen (secondary N) is 1. The van der Waals surface area contributed by atoms with Crippen molar-refractivity contribution in [3.05, 3.63) is 99.9 Å². The number of hydrogen-bond donors (Lipinski definition) is 2. The van der Waals surface area contributed by atoms with Gasteiger partial charge in [-0.3, -0.25) is 9.05 Å². The zero-order valence-corrected chi connectivity index (χ0v) is 25.1. The van der Waals surface area contributed by atoms with Gasteiger partial charge in [0, 0.05) is 23.4 Å². The molecule has 230 valence electrons. The third-order valence-corrected chi connectivity index (χ3v) is 8.81. The Hall–Kier alpha value is -4.44. The van der Waals surface area contributed by atoms with Crippen LogP contribution in [0.5, 0.6) is 5.75 Å². The minimum absolute atomic E-state index is 0.0276. The smallest absolute Gasteiger partial charge is 0.480 e. The normalized spacial score (nSPS) is 13.2. The van der Waals surface area contributed by atoms with E-state index in [1.54, 1.807) is 19.9 Å². The number of aryl methyl sites for hydroxylation is 1. The Kier molecular flexibility index (Phi) is 9.49. The van der Waals surface area contributed by atoms with Crippen LogP contribution in [0.2, 0.25) is 0 Å². The van der Waals surface area contributed by atoms with E-state index in [-0.39, 0.29) is 49.9 Å². The van der Waals surface area contributed by atoms with Gasteiger partial charge in [0.1, 0.15) is 24.0 Å². The molecule has 0 saturated heterocycles. The van der Waals surface area contributed by atoms with Gasteiger partial charge in [-0.1, -0.05) is 48.5 Å². The summed E-state index contributed by atoms with van der Waals surface area (Å²) < 4.78 is 39.3. The molecule has 4 aromatic rings. The number of phosphoric acid groups is 1. The minimum Gasteiger partial charge on any atom is -0.480 e. The van der Waals surface area contributed by atoms with E-state index in [4.69, 9.17) is 22.7 Å². The van der Waals surface area contributed by atoms with Crippen LogP contribution in [0.1, 0.15) is 42.9 Å². The Morgan fingerprint density at radius 2 is 1.59 bits per heavy atom. The molecule has 5 rings (SSSR count). The van der Waals surface area contributed by atoms with Gasteiger partial charge in [-0.2, -0.15) is 0 Å². The molecule has 3 aromatic carbocycles. The van der Waals surface area contributed by atoms with Crippen molar-refractivity contribution in [1.29, 1.82) is 0 Å². The van der Waals surface area contributed by atoms with E-state index in [2.05, 4.69) is 5.32 Å². The van der Waals surface area contributed by atoms with Crippen molar-refractivity contribution >= 4 is 30.9 Å². The highest BCUT2D eigenvalue weighted by Gasteiger charge is 2.30. The minimum atomic E-state index is -3.88. The van der Waals surface area contributed by atoms with Crippen LogP contribution in [-0.2, 0) is 29.6 Å². The van der Waals surface area contributed by atoms with Gasteiger partial charge >= 0.3 is 25.5 Å². The fourth-order valence-corrected chi connectivity index (χ4v) is 6.53. The summed E-state index contributed by atoms with van der Waals surface area (Å²) >= 11 is 0. The largest absolute Gasteiger partial charge is 0.530 e. The summed E-state index contributed by atoms with van der Waals surface area (Å²) in [5.41, 5.74) is 4.21. The van der Waals surface area contributed by atoms with E-state index in [0.29, 0.717) is 10.9 Å². The first kappa shape index (κ1) is 31.0. The lowest BCUT2D eigenvalue weighted by Crippen LogP contribution is -2.41. The number of rotatable bonds is 13. The van der Waals surface area contributed by atoms with Crippen molar-refractivity contribution in [2.75, 3.05) is 19.8 Å². The van der Waals surface area contributed by atoms with Crippen molar-refractivity contribution in [3.63, 3.8) is 0 Å².